The average molecular weight is 276 g/mol. The Bertz CT molecular complexity index is 502. The Kier molecular flexibility index (Phi) is 4.74. The summed E-state index contributed by atoms with van der Waals surface area (Å²) in [6.45, 7) is 0.656. The zero-order chi connectivity index (χ0) is 14.5. The van der Waals surface area contributed by atoms with Crippen LogP contribution < -0.4 is 10.6 Å². The van der Waals surface area contributed by atoms with E-state index >= 15 is 0 Å². The van der Waals surface area contributed by atoms with Crippen molar-refractivity contribution in [2.24, 2.45) is 11.8 Å². The van der Waals surface area contributed by atoms with Gasteiger partial charge in [0.2, 0.25) is 5.91 Å². The zero-order valence-corrected chi connectivity index (χ0v) is 11.6. The standard InChI is InChI=1S/C15H20N2O3/c1-16-9-10-5-2-3-8-13(10)17-14(18)11-6-4-7-12(11)15(19)20/h2-3,5,8,11-12,16H,4,6-7,9H2,1H3,(H,17,18)(H,19,20)/t11-,12+/m1/s1. The van der Waals surface area contributed by atoms with Gasteiger partial charge in [-0.2, -0.15) is 0 Å². The molecule has 0 aliphatic heterocycles. The molecular formula is C15H20N2O3. The summed E-state index contributed by atoms with van der Waals surface area (Å²) in [5.41, 5.74) is 1.75. The fourth-order valence-electron chi connectivity index (χ4n) is 2.78. The van der Waals surface area contributed by atoms with Crippen LogP contribution in [0.4, 0.5) is 5.69 Å². The highest BCUT2D eigenvalue weighted by atomic mass is 16.4. The van der Waals surface area contributed by atoms with E-state index in [0.717, 1.165) is 17.7 Å². The lowest BCUT2D eigenvalue weighted by Gasteiger charge is -2.17. The highest BCUT2D eigenvalue weighted by Gasteiger charge is 2.37. The summed E-state index contributed by atoms with van der Waals surface area (Å²) in [5, 5.41) is 15.1. The Morgan fingerprint density at radius 2 is 1.95 bits per heavy atom. The van der Waals surface area contributed by atoms with E-state index in [1.54, 1.807) is 0 Å². The number of hydrogen-bond donors (Lipinski definition) is 3. The maximum atomic E-state index is 12.3. The molecule has 1 aliphatic carbocycles. The molecule has 1 saturated carbocycles. The van der Waals surface area contributed by atoms with Gasteiger partial charge in [0.05, 0.1) is 11.8 Å². The van der Waals surface area contributed by atoms with Crippen LogP contribution >= 0.6 is 0 Å². The number of benzene rings is 1. The molecule has 0 spiro atoms. The summed E-state index contributed by atoms with van der Waals surface area (Å²) >= 11 is 0. The van der Waals surface area contributed by atoms with Crippen LogP contribution in [0.25, 0.3) is 0 Å². The fraction of sp³-hybridized carbons (Fsp3) is 0.467. The largest absolute Gasteiger partial charge is 0.481 e. The molecule has 5 nitrogen and oxygen atoms in total. The van der Waals surface area contributed by atoms with Crippen LogP contribution in [0.5, 0.6) is 0 Å². The van der Waals surface area contributed by atoms with Crippen LogP contribution in [-0.2, 0) is 16.1 Å². The maximum Gasteiger partial charge on any atom is 0.307 e. The summed E-state index contributed by atoms with van der Waals surface area (Å²) in [7, 11) is 1.84. The van der Waals surface area contributed by atoms with Crippen LogP contribution in [0, 0.1) is 11.8 Å². The number of nitrogens with one attached hydrogen (secondary N) is 2. The fourth-order valence-corrected chi connectivity index (χ4v) is 2.78. The minimum Gasteiger partial charge on any atom is -0.481 e. The second kappa shape index (κ2) is 6.52. The van der Waals surface area contributed by atoms with E-state index in [2.05, 4.69) is 10.6 Å². The van der Waals surface area contributed by atoms with Crippen molar-refractivity contribution in [2.75, 3.05) is 12.4 Å². The molecule has 2 rings (SSSR count). The monoisotopic (exact) mass is 276 g/mol. The lowest BCUT2D eigenvalue weighted by molar-refractivity contribution is -0.145. The van der Waals surface area contributed by atoms with E-state index in [-0.39, 0.29) is 5.91 Å². The summed E-state index contributed by atoms with van der Waals surface area (Å²) in [4.78, 5) is 23.4. The average Bonchev–Trinajstić information content (AvgIpc) is 2.91. The van der Waals surface area contributed by atoms with E-state index in [9.17, 15) is 9.59 Å². The topological polar surface area (TPSA) is 78.4 Å². The third-order valence-electron chi connectivity index (χ3n) is 3.81. The molecule has 0 bridgehead atoms. The van der Waals surface area contributed by atoms with Crippen molar-refractivity contribution in [1.82, 2.24) is 5.32 Å². The molecule has 2 atom stereocenters. The van der Waals surface area contributed by atoms with Gasteiger partial charge in [-0.25, -0.2) is 0 Å². The number of anilines is 1. The highest BCUT2D eigenvalue weighted by Crippen LogP contribution is 2.33. The highest BCUT2D eigenvalue weighted by molar-refractivity contribution is 5.96. The number of hydrogen-bond acceptors (Lipinski definition) is 3. The lowest BCUT2D eigenvalue weighted by Crippen LogP contribution is -2.30. The van der Waals surface area contributed by atoms with Crippen molar-refractivity contribution in [3.8, 4) is 0 Å². The van der Waals surface area contributed by atoms with Gasteiger partial charge in [0.1, 0.15) is 0 Å². The van der Waals surface area contributed by atoms with Gasteiger partial charge >= 0.3 is 5.97 Å². The molecule has 0 radical (unpaired) electrons. The molecule has 0 unspecified atom stereocenters. The number of carbonyl (C=O) groups is 2. The molecular weight excluding hydrogens is 256 g/mol. The van der Waals surface area contributed by atoms with Crippen molar-refractivity contribution in [1.29, 1.82) is 0 Å². The number of rotatable bonds is 5. The minimum absolute atomic E-state index is 0.182. The number of carboxylic acid groups (broad SMARTS) is 1. The molecule has 3 N–H and O–H groups in total. The first-order valence-electron chi connectivity index (χ1n) is 6.89. The predicted octanol–water partition coefficient (Wildman–Crippen LogP) is 1.85. The molecule has 20 heavy (non-hydrogen) atoms. The van der Waals surface area contributed by atoms with Gasteiger partial charge in [0.15, 0.2) is 0 Å². The second-order valence-electron chi connectivity index (χ2n) is 5.16. The van der Waals surface area contributed by atoms with Gasteiger partial charge in [-0.05, 0) is 31.5 Å². The van der Waals surface area contributed by atoms with Crippen LogP contribution in [0.1, 0.15) is 24.8 Å². The molecule has 0 heterocycles. The van der Waals surface area contributed by atoms with Crippen molar-refractivity contribution in [3.05, 3.63) is 29.8 Å². The van der Waals surface area contributed by atoms with E-state index < -0.39 is 17.8 Å². The van der Waals surface area contributed by atoms with Crippen molar-refractivity contribution >= 4 is 17.6 Å². The number of para-hydroxylation sites is 1. The van der Waals surface area contributed by atoms with Crippen molar-refractivity contribution < 1.29 is 14.7 Å². The minimum atomic E-state index is -0.869. The molecule has 1 amide bonds. The van der Waals surface area contributed by atoms with E-state index in [0.29, 0.717) is 19.4 Å². The first-order valence-corrected chi connectivity index (χ1v) is 6.89. The molecule has 1 aliphatic rings. The first kappa shape index (κ1) is 14.5. The van der Waals surface area contributed by atoms with Gasteiger partial charge < -0.3 is 15.7 Å². The van der Waals surface area contributed by atoms with Gasteiger partial charge in [-0.15, -0.1) is 0 Å². The summed E-state index contributed by atoms with van der Waals surface area (Å²) in [5.74, 6) is -2.02. The first-order chi connectivity index (χ1) is 9.63. The van der Waals surface area contributed by atoms with Crippen LogP contribution in [0.15, 0.2) is 24.3 Å². The van der Waals surface area contributed by atoms with Crippen LogP contribution in [0.3, 0.4) is 0 Å². The summed E-state index contributed by atoms with van der Waals surface area (Å²) in [6.07, 6.45) is 2.04. The molecule has 1 aromatic carbocycles. The van der Waals surface area contributed by atoms with Gasteiger partial charge in [0.25, 0.3) is 0 Å². The number of carboxylic acids is 1. The SMILES string of the molecule is CNCc1ccccc1NC(=O)[C@@H]1CCC[C@@H]1C(=O)O. The summed E-state index contributed by atoms with van der Waals surface area (Å²) < 4.78 is 0. The van der Waals surface area contributed by atoms with Crippen LogP contribution in [0.2, 0.25) is 0 Å². The molecule has 5 heteroatoms. The quantitative estimate of drug-likeness (QED) is 0.767. The van der Waals surface area contributed by atoms with Crippen molar-refractivity contribution in [2.45, 2.75) is 25.8 Å². The predicted molar refractivity (Wildman–Crippen MR) is 76.3 cm³/mol. The Labute approximate surface area is 118 Å². The van der Waals surface area contributed by atoms with Gasteiger partial charge in [-0.1, -0.05) is 24.6 Å². The normalized spacial score (nSPS) is 21.6. The zero-order valence-electron chi connectivity index (χ0n) is 11.6. The van der Waals surface area contributed by atoms with E-state index in [1.165, 1.54) is 0 Å². The third kappa shape index (κ3) is 3.17. The lowest BCUT2D eigenvalue weighted by atomic mass is 9.95. The molecule has 0 aromatic heterocycles. The molecule has 108 valence electrons. The van der Waals surface area contributed by atoms with Crippen molar-refractivity contribution in [3.63, 3.8) is 0 Å². The summed E-state index contributed by atoms with van der Waals surface area (Å²) in [6, 6.07) is 7.56. The Balaban J connectivity index is 2.10. The number of carbonyl (C=O) groups excluding carboxylic acids is 1. The second-order valence-corrected chi connectivity index (χ2v) is 5.16. The smallest absolute Gasteiger partial charge is 0.307 e. The third-order valence-corrected chi connectivity index (χ3v) is 3.81. The number of amides is 1. The Morgan fingerprint density at radius 3 is 2.65 bits per heavy atom. The Morgan fingerprint density at radius 1 is 1.25 bits per heavy atom. The van der Waals surface area contributed by atoms with Gasteiger partial charge in [-0.3, -0.25) is 9.59 Å². The van der Waals surface area contributed by atoms with E-state index in [4.69, 9.17) is 5.11 Å². The molecule has 1 aromatic rings. The molecule has 1 fully saturated rings. The number of aliphatic carboxylic acids is 1. The van der Waals surface area contributed by atoms with E-state index in [1.807, 2.05) is 31.3 Å². The molecule has 0 saturated heterocycles. The van der Waals surface area contributed by atoms with Crippen LogP contribution in [-0.4, -0.2) is 24.0 Å². The maximum absolute atomic E-state index is 12.3. The Hall–Kier alpha value is -1.88. The van der Waals surface area contributed by atoms with Gasteiger partial charge in [0, 0.05) is 12.2 Å².